The Labute approximate surface area is 107 Å². The summed E-state index contributed by atoms with van der Waals surface area (Å²) in [5.41, 5.74) is 8.51. The highest BCUT2D eigenvalue weighted by atomic mass is 19.1. The van der Waals surface area contributed by atoms with Gasteiger partial charge in [0.25, 0.3) is 0 Å². The Kier molecular flexibility index (Phi) is 4.11. The summed E-state index contributed by atoms with van der Waals surface area (Å²) in [6, 6.07) is 16.7. The molecule has 2 heteroatoms. The molecule has 94 valence electrons. The van der Waals surface area contributed by atoms with Gasteiger partial charge in [-0.3, -0.25) is 0 Å². The van der Waals surface area contributed by atoms with Crippen LogP contribution in [0.15, 0.2) is 54.6 Å². The fraction of sp³-hybridized carbons (Fsp3) is 0.250. The molecule has 0 fully saturated rings. The Morgan fingerprint density at radius 3 is 2.22 bits per heavy atom. The van der Waals surface area contributed by atoms with Crippen molar-refractivity contribution >= 4 is 0 Å². The standard InChI is InChI=1S/C16H18FN/c1-12(11-13-7-9-15(17)10-8-13)16(18)14-5-3-2-4-6-14/h2-10,12,16H,11,18H2,1H3. The van der Waals surface area contributed by atoms with Crippen LogP contribution >= 0.6 is 0 Å². The lowest BCUT2D eigenvalue weighted by molar-refractivity contribution is 0.468. The summed E-state index contributed by atoms with van der Waals surface area (Å²) in [5.74, 6) is 0.122. The SMILES string of the molecule is CC(Cc1ccc(F)cc1)C(N)c1ccccc1. The first-order chi connectivity index (χ1) is 8.66. The van der Waals surface area contributed by atoms with Gasteiger partial charge < -0.3 is 5.73 Å². The smallest absolute Gasteiger partial charge is 0.123 e. The molecule has 0 amide bonds. The Morgan fingerprint density at radius 1 is 1.00 bits per heavy atom. The van der Waals surface area contributed by atoms with E-state index < -0.39 is 0 Å². The first-order valence-electron chi connectivity index (χ1n) is 6.22. The van der Waals surface area contributed by atoms with Crippen molar-refractivity contribution < 1.29 is 4.39 Å². The molecule has 2 rings (SSSR count). The van der Waals surface area contributed by atoms with E-state index in [1.165, 1.54) is 12.1 Å². The van der Waals surface area contributed by atoms with Gasteiger partial charge in [0.05, 0.1) is 0 Å². The van der Waals surface area contributed by atoms with E-state index in [0.717, 1.165) is 17.5 Å². The van der Waals surface area contributed by atoms with Gasteiger partial charge in [-0.2, -0.15) is 0 Å². The molecule has 0 saturated carbocycles. The zero-order valence-corrected chi connectivity index (χ0v) is 10.5. The van der Waals surface area contributed by atoms with Crippen LogP contribution in [0.5, 0.6) is 0 Å². The van der Waals surface area contributed by atoms with E-state index in [1.54, 1.807) is 0 Å². The molecule has 0 aliphatic rings. The molecule has 0 bridgehead atoms. The molecule has 0 spiro atoms. The van der Waals surface area contributed by atoms with Crippen molar-refractivity contribution in [2.45, 2.75) is 19.4 Å². The average Bonchev–Trinajstić information content (AvgIpc) is 2.41. The monoisotopic (exact) mass is 243 g/mol. The van der Waals surface area contributed by atoms with E-state index in [2.05, 4.69) is 6.92 Å². The third-order valence-corrected chi connectivity index (χ3v) is 3.27. The number of nitrogens with two attached hydrogens (primary N) is 1. The minimum atomic E-state index is -0.196. The molecule has 0 aliphatic heterocycles. The second-order valence-electron chi connectivity index (χ2n) is 4.74. The summed E-state index contributed by atoms with van der Waals surface area (Å²) in [4.78, 5) is 0. The molecule has 1 nitrogen and oxygen atoms in total. The maximum atomic E-state index is 12.8. The summed E-state index contributed by atoms with van der Waals surface area (Å²) in [7, 11) is 0. The molecule has 0 heterocycles. The number of hydrogen-bond donors (Lipinski definition) is 1. The van der Waals surface area contributed by atoms with Crippen molar-refractivity contribution in [2.24, 2.45) is 11.7 Å². The zero-order valence-electron chi connectivity index (χ0n) is 10.5. The van der Waals surface area contributed by atoms with E-state index in [0.29, 0.717) is 5.92 Å². The Morgan fingerprint density at radius 2 is 1.61 bits per heavy atom. The van der Waals surface area contributed by atoms with Gasteiger partial charge in [0.1, 0.15) is 5.82 Å². The average molecular weight is 243 g/mol. The van der Waals surface area contributed by atoms with Crippen LogP contribution in [0.4, 0.5) is 4.39 Å². The Hall–Kier alpha value is -1.67. The van der Waals surface area contributed by atoms with Crippen molar-refractivity contribution in [2.75, 3.05) is 0 Å². The third-order valence-electron chi connectivity index (χ3n) is 3.27. The van der Waals surface area contributed by atoms with Crippen LogP contribution in [-0.4, -0.2) is 0 Å². The molecule has 2 aromatic rings. The molecule has 2 N–H and O–H groups in total. The summed E-state index contributed by atoms with van der Waals surface area (Å²) in [5, 5.41) is 0. The Bertz CT molecular complexity index is 478. The normalized spacial score (nSPS) is 14.2. The van der Waals surface area contributed by atoms with Gasteiger partial charge in [-0.05, 0) is 35.6 Å². The summed E-state index contributed by atoms with van der Waals surface area (Å²) in [6.07, 6.45) is 0.857. The summed E-state index contributed by atoms with van der Waals surface area (Å²) >= 11 is 0. The maximum Gasteiger partial charge on any atom is 0.123 e. The van der Waals surface area contributed by atoms with Gasteiger partial charge in [-0.25, -0.2) is 4.39 Å². The van der Waals surface area contributed by atoms with Crippen molar-refractivity contribution in [3.05, 3.63) is 71.5 Å². The van der Waals surface area contributed by atoms with Gasteiger partial charge in [0.2, 0.25) is 0 Å². The molecule has 0 aliphatic carbocycles. The van der Waals surface area contributed by atoms with Gasteiger partial charge in [-0.1, -0.05) is 49.4 Å². The van der Waals surface area contributed by atoms with Crippen molar-refractivity contribution in [3.8, 4) is 0 Å². The molecule has 2 atom stereocenters. The maximum absolute atomic E-state index is 12.8. The number of benzene rings is 2. The molecular weight excluding hydrogens is 225 g/mol. The highest BCUT2D eigenvalue weighted by molar-refractivity contribution is 5.21. The topological polar surface area (TPSA) is 26.0 Å². The van der Waals surface area contributed by atoms with E-state index in [4.69, 9.17) is 5.73 Å². The molecular formula is C16H18FN. The van der Waals surface area contributed by atoms with E-state index in [1.807, 2.05) is 42.5 Å². The molecule has 18 heavy (non-hydrogen) atoms. The summed E-state index contributed by atoms with van der Waals surface area (Å²) < 4.78 is 12.8. The number of halogens is 1. The Balaban J connectivity index is 2.03. The third kappa shape index (κ3) is 3.17. The number of hydrogen-bond acceptors (Lipinski definition) is 1. The molecule has 0 aromatic heterocycles. The minimum Gasteiger partial charge on any atom is -0.324 e. The van der Waals surface area contributed by atoms with E-state index >= 15 is 0 Å². The fourth-order valence-corrected chi connectivity index (χ4v) is 2.12. The van der Waals surface area contributed by atoms with Gasteiger partial charge in [-0.15, -0.1) is 0 Å². The highest BCUT2D eigenvalue weighted by Gasteiger charge is 2.14. The minimum absolute atomic E-state index is 0.0104. The quantitative estimate of drug-likeness (QED) is 0.870. The van der Waals surface area contributed by atoms with Crippen LogP contribution in [0.3, 0.4) is 0 Å². The lowest BCUT2D eigenvalue weighted by Crippen LogP contribution is -2.20. The van der Waals surface area contributed by atoms with Gasteiger partial charge >= 0.3 is 0 Å². The first-order valence-corrected chi connectivity index (χ1v) is 6.22. The second-order valence-corrected chi connectivity index (χ2v) is 4.74. The summed E-state index contributed by atoms with van der Waals surface area (Å²) in [6.45, 7) is 2.13. The lowest BCUT2D eigenvalue weighted by Gasteiger charge is -2.20. The van der Waals surface area contributed by atoms with Gasteiger partial charge in [0, 0.05) is 6.04 Å². The van der Waals surface area contributed by atoms with E-state index in [-0.39, 0.29) is 11.9 Å². The zero-order chi connectivity index (χ0) is 13.0. The van der Waals surface area contributed by atoms with Crippen LogP contribution in [0.25, 0.3) is 0 Å². The van der Waals surface area contributed by atoms with Crippen LogP contribution < -0.4 is 5.73 Å². The largest absolute Gasteiger partial charge is 0.324 e. The lowest BCUT2D eigenvalue weighted by atomic mass is 9.90. The predicted molar refractivity (Wildman–Crippen MR) is 72.6 cm³/mol. The van der Waals surface area contributed by atoms with Crippen molar-refractivity contribution in [1.29, 1.82) is 0 Å². The molecule has 2 unspecified atom stereocenters. The molecule has 0 radical (unpaired) electrons. The van der Waals surface area contributed by atoms with Crippen LogP contribution in [0.1, 0.15) is 24.1 Å². The number of rotatable bonds is 4. The van der Waals surface area contributed by atoms with Gasteiger partial charge in [0.15, 0.2) is 0 Å². The highest BCUT2D eigenvalue weighted by Crippen LogP contribution is 2.22. The fourth-order valence-electron chi connectivity index (χ4n) is 2.12. The van der Waals surface area contributed by atoms with Crippen molar-refractivity contribution in [1.82, 2.24) is 0 Å². The van der Waals surface area contributed by atoms with Crippen LogP contribution in [0, 0.1) is 11.7 Å². The molecule has 0 saturated heterocycles. The molecule has 2 aromatic carbocycles. The van der Waals surface area contributed by atoms with Crippen LogP contribution in [-0.2, 0) is 6.42 Å². The van der Waals surface area contributed by atoms with Crippen molar-refractivity contribution in [3.63, 3.8) is 0 Å². The second kappa shape index (κ2) is 5.78. The predicted octanol–water partition coefficient (Wildman–Crippen LogP) is 3.70. The van der Waals surface area contributed by atoms with Crippen LogP contribution in [0.2, 0.25) is 0 Å². The van der Waals surface area contributed by atoms with E-state index in [9.17, 15) is 4.39 Å². The first kappa shape index (κ1) is 12.8.